The van der Waals surface area contributed by atoms with E-state index in [0.29, 0.717) is 16.5 Å². The molecule has 2 N–H and O–H groups in total. The van der Waals surface area contributed by atoms with Crippen LogP contribution >= 0.6 is 15.9 Å². The molecule has 6 nitrogen and oxygen atoms in total. The Hall–Kier alpha value is -2.93. The van der Waals surface area contributed by atoms with E-state index in [0.717, 1.165) is 0 Å². The van der Waals surface area contributed by atoms with Gasteiger partial charge in [-0.1, -0.05) is 64.5 Å². The van der Waals surface area contributed by atoms with Crippen LogP contribution in [0.2, 0.25) is 0 Å². The lowest BCUT2D eigenvalue weighted by Gasteiger charge is -2.16. The van der Waals surface area contributed by atoms with Crippen LogP contribution in [0.15, 0.2) is 59.0 Å². The molecule has 132 valence electrons. The highest BCUT2D eigenvalue weighted by molar-refractivity contribution is 9.10. The number of carboxylic acids is 2. The first-order valence-electron chi connectivity index (χ1n) is 7.60. The summed E-state index contributed by atoms with van der Waals surface area (Å²) < 4.78 is 3.36. The summed E-state index contributed by atoms with van der Waals surface area (Å²) in [5, 5.41) is 19.2. The van der Waals surface area contributed by atoms with Crippen LogP contribution < -0.4 is 0 Å². The standard InChI is InChI=1S/C19H13BrO6/c20-19(17(22)23,18(24)25)10-14-15(12-8-4-5-9-13(12)26-14)16(21)11-6-2-1-3-7-11/h1-9H,10H2,(H,22,23)(H,24,25). The molecule has 2 aromatic carbocycles. The van der Waals surface area contributed by atoms with Gasteiger partial charge in [-0.05, 0) is 6.07 Å². The normalized spacial score (nSPS) is 11.4. The van der Waals surface area contributed by atoms with Crippen LogP contribution in [0.5, 0.6) is 0 Å². The van der Waals surface area contributed by atoms with Gasteiger partial charge in [0.05, 0.1) is 5.56 Å². The number of carbonyl (C=O) groups is 3. The van der Waals surface area contributed by atoms with E-state index < -0.39 is 22.7 Å². The second-order valence-corrected chi connectivity index (χ2v) is 7.03. The number of para-hydroxylation sites is 1. The number of carboxylic acid groups (broad SMARTS) is 2. The molecule has 0 aliphatic heterocycles. The molecular formula is C19H13BrO6. The lowest BCUT2D eigenvalue weighted by atomic mass is 9.95. The van der Waals surface area contributed by atoms with Crippen LogP contribution in [0.3, 0.4) is 0 Å². The SMILES string of the molecule is O=C(c1ccccc1)c1c(CC(Br)(C(=O)O)C(=O)O)oc2ccccc12. The highest BCUT2D eigenvalue weighted by atomic mass is 79.9. The Kier molecular flexibility index (Phi) is 4.65. The van der Waals surface area contributed by atoms with Crippen LogP contribution in [0.25, 0.3) is 11.0 Å². The van der Waals surface area contributed by atoms with Crippen molar-refractivity contribution in [3.63, 3.8) is 0 Å². The number of benzene rings is 2. The topological polar surface area (TPSA) is 105 Å². The van der Waals surface area contributed by atoms with E-state index in [-0.39, 0.29) is 17.1 Å². The maximum atomic E-state index is 13.0. The van der Waals surface area contributed by atoms with E-state index in [2.05, 4.69) is 15.9 Å². The molecule has 1 aromatic heterocycles. The molecule has 0 aliphatic carbocycles. The van der Waals surface area contributed by atoms with Crippen molar-refractivity contribution in [2.75, 3.05) is 0 Å². The van der Waals surface area contributed by atoms with E-state index >= 15 is 0 Å². The lowest BCUT2D eigenvalue weighted by Crippen LogP contribution is -2.42. The van der Waals surface area contributed by atoms with Gasteiger partial charge >= 0.3 is 11.9 Å². The first-order chi connectivity index (χ1) is 12.3. The predicted octanol–water partition coefficient (Wildman–Crippen LogP) is 3.51. The smallest absolute Gasteiger partial charge is 0.332 e. The first-order valence-corrected chi connectivity index (χ1v) is 8.39. The average molecular weight is 417 g/mol. The Morgan fingerprint density at radius 3 is 2.12 bits per heavy atom. The molecule has 0 aliphatic rings. The fraction of sp³-hybridized carbons (Fsp3) is 0.105. The maximum absolute atomic E-state index is 13.0. The number of hydrogen-bond acceptors (Lipinski definition) is 4. The third-order valence-corrected chi connectivity index (χ3v) is 4.97. The van der Waals surface area contributed by atoms with Crippen molar-refractivity contribution < 1.29 is 29.0 Å². The molecule has 0 atom stereocenters. The Morgan fingerprint density at radius 2 is 1.50 bits per heavy atom. The Morgan fingerprint density at radius 1 is 0.923 bits per heavy atom. The highest BCUT2D eigenvalue weighted by Crippen LogP contribution is 2.33. The number of carbonyl (C=O) groups excluding carboxylic acids is 1. The van der Waals surface area contributed by atoms with Crippen LogP contribution in [-0.4, -0.2) is 32.3 Å². The van der Waals surface area contributed by atoms with Crippen LogP contribution in [-0.2, 0) is 16.0 Å². The fourth-order valence-electron chi connectivity index (χ4n) is 2.67. The molecule has 0 radical (unpaired) electrons. The minimum Gasteiger partial charge on any atom is -0.480 e. The second kappa shape index (κ2) is 6.76. The van der Waals surface area contributed by atoms with E-state index in [9.17, 15) is 24.6 Å². The minimum absolute atomic E-state index is 0.00160. The zero-order valence-corrected chi connectivity index (χ0v) is 14.9. The molecule has 7 heteroatoms. The quantitative estimate of drug-likeness (QED) is 0.361. The molecule has 0 bridgehead atoms. The summed E-state index contributed by atoms with van der Waals surface area (Å²) in [6.07, 6.45) is -0.528. The first kappa shape index (κ1) is 17.9. The third-order valence-electron chi connectivity index (χ3n) is 4.01. The number of rotatable bonds is 6. The summed E-state index contributed by atoms with van der Waals surface area (Å²) in [6.45, 7) is 0. The average Bonchev–Trinajstić information content (AvgIpc) is 2.99. The van der Waals surface area contributed by atoms with Gasteiger partial charge in [0, 0.05) is 17.4 Å². The molecule has 26 heavy (non-hydrogen) atoms. The Bertz CT molecular complexity index is 991. The zero-order valence-electron chi connectivity index (χ0n) is 13.3. The van der Waals surface area contributed by atoms with E-state index in [4.69, 9.17) is 4.42 Å². The van der Waals surface area contributed by atoms with Gasteiger partial charge in [0.1, 0.15) is 11.3 Å². The Labute approximate surface area is 156 Å². The summed E-state index contributed by atoms with van der Waals surface area (Å²) in [4.78, 5) is 36.0. The molecule has 0 fully saturated rings. The van der Waals surface area contributed by atoms with Gasteiger partial charge in [0.2, 0.25) is 4.32 Å². The molecule has 0 amide bonds. The van der Waals surface area contributed by atoms with Crippen LogP contribution in [0.4, 0.5) is 0 Å². The largest absolute Gasteiger partial charge is 0.480 e. The number of hydrogen-bond donors (Lipinski definition) is 2. The summed E-state index contributed by atoms with van der Waals surface area (Å²) >= 11 is 2.78. The fourth-order valence-corrected chi connectivity index (χ4v) is 2.92. The van der Waals surface area contributed by atoms with E-state index in [1.54, 1.807) is 54.6 Å². The van der Waals surface area contributed by atoms with Gasteiger partial charge in [-0.2, -0.15) is 0 Å². The van der Waals surface area contributed by atoms with Gasteiger partial charge in [-0.25, -0.2) is 0 Å². The minimum atomic E-state index is -2.30. The van der Waals surface area contributed by atoms with Crippen molar-refractivity contribution in [3.05, 3.63) is 71.5 Å². The third kappa shape index (κ3) is 3.01. The highest BCUT2D eigenvalue weighted by Gasteiger charge is 2.46. The maximum Gasteiger partial charge on any atom is 0.332 e. The van der Waals surface area contributed by atoms with Gasteiger partial charge in [0.15, 0.2) is 5.78 Å². The lowest BCUT2D eigenvalue weighted by molar-refractivity contribution is -0.151. The number of halogens is 1. The molecule has 3 rings (SSSR count). The predicted molar refractivity (Wildman–Crippen MR) is 96.7 cm³/mol. The van der Waals surface area contributed by atoms with E-state index in [1.807, 2.05) is 0 Å². The second-order valence-electron chi connectivity index (χ2n) is 5.68. The van der Waals surface area contributed by atoms with Crippen molar-refractivity contribution in [1.29, 1.82) is 0 Å². The van der Waals surface area contributed by atoms with Crippen molar-refractivity contribution in [1.82, 2.24) is 0 Å². The molecular weight excluding hydrogens is 404 g/mol. The monoisotopic (exact) mass is 416 g/mol. The Balaban J connectivity index is 2.19. The number of alkyl halides is 1. The number of ketones is 1. The van der Waals surface area contributed by atoms with Crippen LogP contribution in [0.1, 0.15) is 21.7 Å². The summed E-state index contributed by atoms with van der Waals surface area (Å²) in [5.41, 5.74) is 0.941. The molecule has 0 spiro atoms. The van der Waals surface area contributed by atoms with E-state index in [1.165, 1.54) is 0 Å². The number of furan rings is 1. The number of aliphatic carboxylic acids is 2. The van der Waals surface area contributed by atoms with Gasteiger partial charge < -0.3 is 14.6 Å². The van der Waals surface area contributed by atoms with Gasteiger partial charge in [0.25, 0.3) is 0 Å². The zero-order chi connectivity index (χ0) is 18.9. The van der Waals surface area contributed by atoms with Gasteiger partial charge in [-0.15, -0.1) is 0 Å². The van der Waals surface area contributed by atoms with Crippen molar-refractivity contribution in [3.8, 4) is 0 Å². The summed E-state index contributed by atoms with van der Waals surface area (Å²) in [6, 6.07) is 15.2. The summed E-state index contributed by atoms with van der Waals surface area (Å²) in [5.74, 6) is -3.52. The molecule has 0 saturated carbocycles. The summed E-state index contributed by atoms with van der Waals surface area (Å²) in [7, 11) is 0. The molecule has 3 aromatic rings. The molecule has 1 heterocycles. The van der Waals surface area contributed by atoms with Crippen molar-refractivity contribution in [2.45, 2.75) is 10.7 Å². The van der Waals surface area contributed by atoms with Crippen LogP contribution in [0, 0.1) is 0 Å². The number of fused-ring (bicyclic) bond motifs is 1. The van der Waals surface area contributed by atoms with Crippen molar-refractivity contribution in [2.24, 2.45) is 0 Å². The van der Waals surface area contributed by atoms with Crippen molar-refractivity contribution >= 4 is 44.6 Å². The molecule has 0 unspecified atom stereocenters. The molecule has 0 saturated heterocycles. The van der Waals surface area contributed by atoms with Gasteiger partial charge in [-0.3, -0.25) is 14.4 Å².